The lowest BCUT2D eigenvalue weighted by molar-refractivity contribution is 0.289. The SMILES string of the molecule is CCn1c(Br)cnc1COc1cccc(Cl)c1. The van der Waals surface area contributed by atoms with Crippen molar-refractivity contribution in [3.8, 4) is 5.75 Å². The van der Waals surface area contributed by atoms with Gasteiger partial charge in [0.1, 0.15) is 22.8 Å². The van der Waals surface area contributed by atoms with Crippen LogP contribution in [0.25, 0.3) is 0 Å². The van der Waals surface area contributed by atoms with Crippen molar-refractivity contribution in [3.05, 3.63) is 45.9 Å². The third kappa shape index (κ3) is 3.01. The zero-order chi connectivity index (χ0) is 12.3. The topological polar surface area (TPSA) is 27.1 Å². The minimum absolute atomic E-state index is 0.430. The maximum Gasteiger partial charge on any atom is 0.147 e. The van der Waals surface area contributed by atoms with E-state index in [0.717, 1.165) is 22.7 Å². The van der Waals surface area contributed by atoms with Crippen LogP contribution in [0.5, 0.6) is 5.75 Å². The Balaban J connectivity index is 2.07. The van der Waals surface area contributed by atoms with Crippen LogP contribution in [0.2, 0.25) is 5.02 Å². The second-order valence-corrected chi connectivity index (χ2v) is 4.74. The van der Waals surface area contributed by atoms with Gasteiger partial charge in [-0.1, -0.05) is 17.7 Å². The van der Waals surface area contributed by atoms with Crippen molar-refractivity contribution in [3.63, 3.8) is 0 Å². The van der Waals surface area contributed by atoms with Crippen LogP contribution in [-0.4, -0.2) is 9.55 Å². The Morgan fingerprint density at radius 3 is 3.00 bits per heavy atom. The monoisotopic (exact) mass is 314 g/mol. The van der Waals surface area contributed by atoms with Crippen LogP contribution in [0.1, 0.15) is 12.7 Å². The fraction of sp³-hybridized carbons (Fsp3) is 0.250. The molecule has 0 aliphatic carbocycles. The Kier molecular flexibility index (Phi) is 4.07. The summed E-state index contributed by atoms with van der Waals surface area (Å²) in [6.07, 6.45) is 1.78. The second-order valence-electron chi connectivity index (χ2n) is 3.49. The van der Waals surface area contributed by atoms with Gasteiger partial charge in [-0.05, 0) is 41.1 Å². The summed E-state index contributed by atoms with van der Waals surface area (Å²) in [6, 6.07) is 7.34. The summed E-state index contributed by atoms with van der Waals surface area (Å²) in [6.45, 7) is 3.35. The van der Waals surface area contributed by atoms with Crippen LogP contribution in [0, 0.1) is 0 Å². The first-order chi connectivity index (χ1) is 8.20. The molecule has 0 unspecified atom stereocenters. The normalized spacial score (nSPS) is 10.5. The van der Waals surface area contributed by atoms with Gasteiger partial charge in [-0.2, -0.15) is 0 Å². The van der Waals surface area contributed by atoms with Crippen molar-refractivity contribution >= 4 is 27.5 Å². The predicted octanol–water partition coefficient (Wildman–Crippen LogP) is 3.90. The first-order valence-corrected chi connectivity index (χ1v) is 6.46. The summed E-state index contributed by atoms with van der Waals surface area (Å²) in [5.74, 6) is 1.64. The average molecular weight is 316 g/mol. The van der Waals surface area contributed by atoms with Gasteiger partial charge in [0.15, 0.2) is 0 Å². The van der Waals surface area contributed by atoms with Crippen LogP contribution < -0.4 is 4.74 Å². The van der Waals surface area contributed by atoms with Gasteiger partial charge in [-0.3, -0.25) is 0 Å². The fourth-order valence-corrected chi connectivity index (χ4v) is 2.28. The summed E-state index contributed by atoms with van der Waals surface area (Å²) < 4.78 is 8.65. The summed E-state index contributed by atoms with van der Waals surface area (Å²) in [5, 5.41) is 0.669. The molecule has 0 atom stereocenters. The van der Waals surface area contributed by atoms with E-state index in [-0.39, 0.29) is 0 Å². The largest absolute Gasteiger partial charge is 0.486 e. The van der Waals surface area contributed by atoms with Crippen molar-refractivity contribution < 1.29 is 4.74 Å². The molecule has 0 radical (unpaired) electrons. The molecular formula is C12H12BrClN2O. The Hall–Kier alpha value is -1.00. The van der Waals surface area contributed by atoms with Gasteiger partial charge in [0.05, 0.1) is 6.20 Å². The molecule has 0 fully saturated rings. The van der Waals surface area contributed by atoms with Crippen LogP contribution in [0.4, 0.5) is 0 Å². The third-order valence-corrected chi connectivity index (χ3v) is 3.24. The second kappa shape index (κ2) is 5.56. The van der Waals surface area contributed by atoms with Gasteiger partial charge in [-0.15, -0.1) is 0 Å². The number of hydrogen-bond donors (Lipinski definition) is 0. The molecule has 5 heteroatoms. The van der Waals surface area contributed by atoms with Crippen LogP contribution >= 0.6 is 27.5 Å². The zero-order valence-electron chi connectivity index (χ0n) is 9.36. The number of ether oxygens (including phenoxy) is 1. The molecule has 3 nitrogen and oxygen atoms in total. The molecule has 0 amide bonds. The van der Waals surface area contributed by atoms with Crippen LogP contribution in [0.3, 0.4) is 0 Å². The lowest BCUT2D eigenvalue weighted by Gasteiger charge is -2.08. The standard InChI is InChI=1S/C12H12BrClN2O/c1-2-16-11(13)7-15-12(16)8-17-10-5-3-4-9(14)6-10/h3-7H,2,8H2,1H3. The van der Waals surface area contributed by atoms with E-state index in [1.165, 1.54) is 0 Å². The number of rotatable bonds is 4. The molecule has 17 heavy (non-hydrogen) atoms. The van der Waals surface area contributed by atoms with E-state index in [2.05, 4.69) is 27.8 Å². The lowest BCUT2D eigenvalue weighted by atomic mass is 10.3. The maximum atomic E-state index is 5.88. The number of halogens is 2. The van der Waals surface area contributed by atoms with Gasteiger partial charge in [0, 0.05) is 11.6 Å². The molecule has 0 saturated heterocycles. The lowest BCUT2D eigenvalue weighted by Crippen LogP contribution is -2.06. The van der Waals surface area contributed by atoms with E-state index in [1.54, 1.807) is 12.3 Å². The zero-order valence-corrected chi connectivity index (χ0v) is 11.7. The third-order valence-electron chi connectivity index (χ3n) is 2.37. The Labute approximate surface area is 114 Å². The highest BCUT2D eigenvalue weighted by Gasteiger charge is 2.06. The van der Waals surface area contributed by atoms with Gasteiger partial charge in [0.25, 0.3) is 0 Å². The molecule has 1 aromatic carbocycles. The highest BCUT2D eigenvalue weighted by Crippen LogP contribution is 2.19. The van der Waals surface area contributed by atoms with E-state index in [4.69, 9.17) is 16.3 Å². The van der Waals surface area contributed by atoms with E-state index in [1.807, 2.05) is 22.8 Å². The number of benzene rings is 1. The molecule has 0 saturated carbocycles. The van der Waals surface area contributed by atoms with Crippen LogP contribution in [-0.2, 0) is 13.2 Å². The average Bonchev–Trinajstić information content (AvgIpc) is 2.67. The van der Waals surface area contributed by atoms with Crippen molar-refractivity contribution in [2.24, 2.45) is 0 Å². The summed E-state index contributed by atoms with van der Waals surface area (Å²) >= 11 is 9.32. The summed E-state index contributed by atoms with van der Waals surface area (Å²) in [7, 11) is 0. The molecule has 90 valence electrons. The molecule has 0 bridgehead atoms. The van der Waals surface area contributed by atoms with Crippen molar-refractivity contribution in [1.29, 1.82) is 0 Å². The first kappa shape index (κ1) is 12.5. The number of nitrogens with zero attached hydrogens (tertiary/aromatic N) is 2. The van der Waals surface area contributed by atoms with Crippen LogP contribution in [0.15, 0.2) is 35.1 Å². The molecule has 0 N–H and O–H groups in total. The predicted molar refractivity (Wildman–Crippen MR) is 71.4 cm³/mol. The first-order valence-electron chi connectivity index (χ1n) is 5.29. The van der Waals surface area contributed by atoms with Gasteiger partial charge >= 0.3 is 0 Å². The Morgan fingerprint density at radius 1 is 1.47 bits per heavy atom. The van der Waals surface area contributed by atoms with Gasteiger partial charge in [0.2, 0.25) is 0 Å². The number of aromatic nitrogens is 2. The van der Waals surface area contributed by atoms with Crippen molar-refractivity contribution in [2.45, 2.75) is 20.1 Å². The Bertz CT molecular complexity index is 513. The van der Waals surface area contributed by atoms with E-state index in [9.17, 15) is 0 Å². The molecule has 0 spiro atoms. The molecule has 1 aromatic heterocycles. The minimum atomic E-state index is 0.430. The summed E-state index contributed by atoms with van der Waals surface area (Å²) in [5.41, 5.74) is 0. The molecule has 1 heterocycles. The maximum absolute atomic E-state index is 5.88. The van der Waals surface area contributed by atoms with Crippen molar-refractivity contribution in [1.82, 2.24) is 9.55 Å². The highest BCUT2D eigenvalue weighted by atomic mass is 79.9. The molecule has 0 aliphatic rings. The van der Waals surface area contributed by atoms with E-state index in [0.29, 0.717) is 11.6 Å². The quantitative estimate of drug-likeness (QED) is 0.855. The highest BCUT2D eigenvalue weighted by molar-refractivity contribution is 9.10. The molecule has 2 aromatic rings. The molecule has 2 rings (SSSR count). The molecule has 0 aliphatic heterocycles. The molecular weight excluding hydrogens is 304 g/mol. The number of hydrogen-bond acceptors (Lipinski definition) is 2. The van der Waals surface area contributed by atoms with Crippen molar-refractivity contribution in [2.75, 3.05) is 0 Å². The Morgan fingerprint density at radius 2 is 2.29 bits per heavy atom. The van der Waals surface area contributed by atoms with Gasteiger partial charge < -0.3 is 9.30 Å². The smallest absolute Gasteiger partial charge is 0.147 e. The summed E-state index contributed by atoms with van der Waals surface area (Å²) in [4.78, 5) is 4.28. The van der Waals surface area contributed by atoms with E-state index < -0.39 is 0 Å². The minimum Gasteiger partial charge on any atom is -0.486 e. The van der Waals surface area contributed by atoms with E-state index >= 15 is 0 Å². The number of imidazole rings is 1. The fourth-order valence-electron chi connectivity index (χ4n) is 1.54. The van der Waals surface area contributed by atoms with Gasteiger partial charge in [-0.25, -0.2) is 4.98 Å².